The second kappa shape index (κ2) is 9.32. The van der Waals surface area contributed by atoms with Gasteiger partial charge in [-0.15, -0.1) is 0 Å². The van der Waals surface area contributed by atoms with Crippen LogP contribution in [-0.4, -0.2) is 30.5 Å². The Bertz CT molecular complexity index is 1770. The summed E-state index contributed by atoms with van der Waals surface area (Å²) in [5.41, 5.74) is 3.21. The molecule has 0 spiro atoms. The Morgan fingerprint density at radius 2 is 1.54 bits per heavy atom. The van der Waals surface area contributed by atoms with Crippen LogP contribution in [-0.2, 0) is 20.0 Å². The molecule has 2 aliphatic heterocycles. The lowest BCUT2D eigenvalue weighted by Crippen LogP contribution is -2.40. The zero-order valence-electron chi connectivity index (χ0n) is 21.2. The van der Waals surface area contributed by atoms with Crippen molar-refractivity contribution in [3.05, 3.63) is 108 Å². The van der Waals surface area contributed by atoms with Gasteiger partial charge in [0.25, 0.3) is 20.0 Å². The Hall–Kier alpha value is -4.02. The van der Waals surface area contributed by atoms with Crippen LogP contribution in [0.2, 0.25) is 0 Å². The first-order valence-corrected chi connectivity index (χ1v) is 15.3. The molecule has 6 rings (SSSR count). The number of ether oxygens (including phenoxy) is 2. The summed E-state index contributed by atoms with van der Waals surface area (Å²) in [6, 6.07) is 25.4. The monoisotopic (exact) mass is 562 g/mol. The van der Waals surface area contributed by atoms with Crippen LogP contribution >= 0.6 is 0 Å². The summed E-state index contributed by atoms with van der Waals surface area (Å²) in [5, 5.41) is 0. The van der Waals surface area contributed by atoms with Gasteiger partial charge < -0.3 is 9.47 Å². The van der Waals surface area contributed by atoms with Crippen molar-refractivity contribution in [2.24, 2.45) is 0 Å². The quantitative estimate of drug-likeness (QED) is 0.345. The normalized spacial score (nSPS) is 17.9. The van der Waals surface area contributed by atoms with E-state index in [1.165, 1.54) is 23.5 Å². The summed E-state index contributed by atoms with van der Waals surface area (Å²) in [6.45, 7) is 2.02. The lowest BCUT2D eigenvalue weighted by atomic mass is 9.87. The standard InChI is InChI=1S/C29H26N2O6S2/c1-19-12-14-22(15-13-19)39(34,35)31-18-25-24-16-20(30-38(32,33)21-8-4-3-5-9-21)17-27(36-2)29(24)37-28(25)23-10-6-7-11-26(23)31/h3-17,25,28,30H,18H2,1-2H3/t25-,28-/m1/s1. The minimum Gasteiger partial charge on any atom is -0.493 e. The summed E-state index contributed by atoms with van der Waals surface area (Å²) in [6.07, 6.45) is -0.462. The van der Waals surface area contributed by atoms with Crippen LogP contribution in [0.15, 0.2) is 101 Å². The molecule has 2 atom stereocenters. The van der Waals surface area contributed by atoms with Crippen molar-refractivity contribution in [2.75, 3.05) is 22.7 Å². The molecule has 0 unspecified atom stereocenters. The molecule has 0 radical (unpaired) electrons. The molecule has 8 nitrogen and oxygen atoms in total. The third-order valence-electron chi connectivity index (χ3n) is 7.10. The number of nitrogens with zero attached hydrogens (tertiary/aromatic N) is 1. The molecule has 0 saturated carbocycles. The lowest BCUT2D eigenvalue weighted by Gasteiger charge is -2.36. The number of nitrogens with one attached hydrogen (secondary N) is 1. The molecule has 0 aliphatic carbocycles. The first-order valence-electron chi connectivity index (χ1n) is 12.3. The van der Waals surface area contributed by atoms with Crippen LogP contribution in [0.5, 0.6) is 11.5 Å². The maximum atomic E-state index is 13.9. The van der Waals surface area contributed by atoms with E-state index in [2.05, 4.69) is 4.72 Å². The molecule has 2 aliphatic rings. The topological polar surface area (TPSA) is 102 Å². The molecule has 200 valence electrons. The van der Waals surface area contributed by atoms with E-state index < -0.39 is 32.1 Å². The van der Waals surface area contributed by atoms with Gasteiger partial charge in [-0.05, 0) is 43.3 Å². The average molecular weight is 563 g/mol. The number of hydrogen-bond donors (Lipinski definition) is 1. The van der Waals surface area contributed by atoms with Crippen molar-refractivity contribution in [2.45, 2.75) is 28.7 Å². The fourth-order valence-electron chi connectivity index (χ4n) is 5.19. The number of sulfonamides is 2. The largest absolute Gasteiger partial charge is 0.493 e. The van der Waals surface area contributed by atoms with Crippen LogP contribution in [0.1, 0.15) is 28.7 Å². The van der Waals surface area contributed by atoms with E-state index >= 15 is 0 Å². The van der Waals surface area contributed by atoms with E-state index in [0.717, 1.165) is 11.1 Å². The number of para-hydroxylation sites is 1. The summed E-state index contributed by atoms with van der Waals surface area (Å²) in [4.78, 5) is 0.322. The van der Waals surface area contributed by atoms with E-state index in [-0.39, 0.29) is 16.3 Å². The predicted molar refractivity (Wildman–Crippen MR) is 149 cm³/mol. The second-order valence-corrected chi connectivity index (χ2v) is 13.1. The number of hydrogen-bond acceptors (Lipinski definition) is 6. The number of rotatable bonds is 6. The second-order valence-electron chi connectivity index (χ2n) is 9.57. The van der Waals surface area contributed by atoms with Gasteiger partial charge in [-0.3, -0.25) is 9.03 Å². The molecule has 1 N–H and O–H groups in total. The van der Waals surface area contributed by atoms with E-state index in [0.29, 0.717) is 28.4 Å². The van der Waals surface area contributed by atoms with Crippen molar-refractivity contribution >= 4 is 31.4 Å². The average Bonchev–Trinajstić information content (AvgIpc) is 3.31. The van der Waals surface area contributed by atoms with Crippen LogP contribution in [0, 0.1) is 6.92 Å². The fourth-order valence-corrected chi connectivity index (χ4v) is 7.77. The number of fused-ring (bicyclic) bond motifs is 5. The fraction of sp³-hybridized carbons (Fsp3) is 0.172. The minimum absolute atomic E-state index is 0.114. The molecule has 39 heavy (non-hydrogen) atoms. The van der Waals surface area contributed by atoms with Gasteiger partial charge in [-0.1, -0.05) is 54.1 Å². The zero-order valence-corrected chi connectivity index (χ0v) is 22.9. The molecule has 0 fully saturated rings. The lowest BCUT2D eigenvalue weighted by molar-refractivity contribution is 0.200. The van der Waals surface area contributed by atoms with E-state index in [4.69, 9.17) is 9.47 Å². The Kier molecular flexibility index (Phi) is 6.04. The molecule has 0 aromatic heterocycles. The highest BCUT2D eigenvalue weighted by molar-refractivity contribution is 7.93. The summed E-state index contributed by atoms with van der Waals surface area (Å²) < 4.78 is 69.8. The summed E-state index contributed by atoms with van der Waals surface area (Å²) in [5.74, 6) is 0.433. The third kappa shape index (κ3) is 4.29. The molecule has 2 heterocycles. The smallest absolute Gasteiger partial charge is 0.264 e. The van der Waals surface area contributed by atoms with Crippen molar-refractivity contribution in [1.29, 1.82) is 0 Å². The number of methoxy groups -OCH3 is 1. The van der Waals surface area contributed by atoms with Gasteiger partial charge in [-0.25, -0.2) is 16.8 Å². The molecular formula is C29H26N2O6S2. The number of anilines is 2. The Morgan fingerprint density at radius 1 is 0.846 bits per heavy atom. The first-order chi connectivity index (χ1) is 18.7. The van der Waals surface area contributed by atoms with Crippen LogP contribution in [0.4, 0.5) is 11.4 Å². The number of benzene rings is 4. The first kappa shape index (κ1) is 25.3. The molecule has 10 heteroatoms. The van der Waals surface area contributed by atoms with E-state index in [9.17, 15) is 16.8 Å². The van der Waals surface area contributed by atoms with Crippen LogP contribution in [0.3, 0.4) is 0 Å². The van der Waals surface area contributed by atoms with E-state index in [1.807, 2.05) is 19.1 Å². The highest BCUT2D eigenvalue weighted by Gasteiger charge is 2.46. The predicted octanol–water partition coefficient (Wildman–Crippen LogP) is 5.23. The zero-order chi connectivity index (χ0) is 27.4. The van der Waals surface area contributed by atoms with Gasteiger partial charge in [0.05, 0.1) is 28.3 Å². The highest BCUT2D eigenvalue weighted by Crippen LogP contribution is 2.56. The van der Waals surface area contributed by atoms with Crippen molar-refractivity contribution in [1.82, 2.24) is 0 Å². The van der Waals surface area contributed by atoms with Crippen molar-refractivity contribution in [3.63, 3.8) is 0 Å². The van der Waals surface area contributed by atoms with Crippen molar-refractivity contribution in [3.8, 4) is 11.5 Å². The SMILES string of the molecule is COc1cc(NS(=O)(=O)c2ccccc2)cc2c1O[C@@H]1c3ccccc3N(S(=O)(=O)c3ccc(C)cc3)C[C@H]21. The van der Waals surface area contributed by atoms with E-state index in [1.54, 1.807) is 66.7 Å². The van der Waals surface area contributed by atoms with Gasteiger partial charge in [0.2, 0.25) is 0 Å². The number of aryl methyl sites for hydroxylation is 1. The molecule has 0 bridgehead atoms. The van der Waals surface area contributed by atoms with Gasteiger partial charge in [0, 0.05) is 29.7 Å². The molecule has 4 aromatic rings. The third-order valence-corrected chi connectivity index (χ3v) is 10.3. The summed E-state index contributed by atoms with van der Waals surface area (Å²) in [7, 11) is -6.26. The molecule has 4 aromatic carbocycles. The van der Waals surface area contributed by atoms with Crippen LogP contribution in [0.25, 0.3) is 0 Å². The Balaban J connectivity index is 1.44. The van der Waals surface area contributed by atoms with Crippen LogP contribution < -0.4 is 18.5 Å². The maximum Gasteiger partial charge on any atom is 0.264 e. The Morgan fingerprint density at radius 3 is 2.26 bits per heavy atom. The van der Waals surface area contributed by atoms with Crippen molar-refractivity contribution < 1.29 is 26.3 Å². The van der Waals surface area contributed by atoms with Gasteiger partial charge in [0.1, 0.15) is 6.10 Å². The molecule has 0 amide bonds. The van der Waals surface area contributed by atoms with Gasteiger partial charge >= 0.3 is 0 Å². The minimum atomic E-state index is -3.89. The van der Waals surface area contributed by atoms with Gasteiger partial charge in [-0.2, -0.15) is 0 Å². The Labute approximate surface area is 227 Å². The van der Waals surface area contributed by atoms with Gasteiger partial charge in [0.15, 0.2) is 11.5 Å². The maximum absolute atomic E-state index is 13.9. The molecular weight excluding hydrogens is 536 g/mol. The summed E-state index contributed by atoms with van der Waals surface area (Å²) >= 11 is 0. The highest BCUT2D eigenvalue weighted by atomic mass is 32.2. The molecule has 0 saturated heterocycles.